The molecule has 0 aliphatic carbocycles. The fraction of sp³-hybridized carbons (Fsp3) is 0.300. The third-order valence-corrected chi connectivity index (χ3v) is 7.16. The number of rotatable bonds is 6. The van der Waals surface area contributed by atoms with Crippen molar-refractivity contribution in [3.8, 4) is 0 Å². The van der Waals surface area contributed by atoms with Gasteiger partial charge in [-0.25, -0.2) is 8.42 Å². The van der Waals surface area contributed by atoms with E-state index in [1.54, 1.807) is 28.2 Å². The van der Waals surface area contributed by atoms with Crippen LogP contribution < -0.4 is 0 Å². The van der Waals surface area contributed by atoms with Crippen LogP contribution in [0.4, 0.5) is 0 Å². The molecule has 0 aromatic heterocycles. The fourth-order valence-electron chi connectivity index (χ4n) is 2.95. The highest BCUT2D eigenvalue weighted by Crippen LogP contribution is 2.21. The van der Waals surface area contributed by atoms with Gasteiger partial charge >= 0.3 is 0 Å². The quantitative estimate of drug-likeness (QED) is 0.711. The maximum absolute atomic E-state index is 12.8. The molecule has 0 N–H and O–H groups in total. The van der Waals surface area contributed by atoms with E-state index in [2.05, 4.69) is 29.2 Å². The molecule has 0 saturated carbocycles. The third kappa shape index (κ3) is 4.76. The maximum atomic E-state index is 12.8. The van der Waals surface area contributed by atoms with Gasteiger partial charge in [-0.1, -0.05) is 42.5 Å². The van der Waals surface area contributed by atoms with Gasteiger partial charge in [0.15, 0.2) is 0 Å². The van der Waals surface area contributed by atoms with Crippen LogP contribution in [0.25, 0.3) is 6.08 Å². The van der Waals surface area contributed by atoms with Gasteiger partial charge in [0.1, 0.15) is 0 Å². The monoisotopic (exact) mass is 388 g/mol. The Morgan fingerprint density at radius 3 is 2.23 bits per heavy atom. The molecule has 1 heterocycles. The van der Waals surface area contributed by atoms with Crippen LogP contribution >= 0.6 is 11.8 Å². The molecule has 0 bridgehead atoms. The van der Waals surface area contributed by atoms with E-state index in [0.717, 1.165) is 24.5 Å². The predicted molar refractivity (Wildman–Crippen MR) is 109 cm³/mol. The second kappa shape index (κ2) is 8.86. The number of benzene rings is 2. The molecular formula is C20H24N2O2S2. The average Bonchev–Trinajstić information content (AvgIpc) is 2.69. The molecule has 3 rings (SSSR count). The van der Waals surface area contributed by atoms with Gasteiger partial charge in [-0.15, -0.1) is 11.8 Å². The van der Waals surface area contributed by atoms with Gasteiger partial charge in [-0.2, -0.15) is 4.31 Å². The largest absolute Gasteiger partial charge is 0.297 e. The van der Waals surface area contributed by atoms with Gasteiger partial charge in [0.2, 0.25) is 10.0 Å². The minimum Gasteiger partial charge on any atom is -0.297 e. The number of hydrogen-bond acceptors (Lipinski definition) is 4. The summed E-state index contributed by atoms with van der Waals surface area (Å²) in [5.74, 6) is 0. The van der Waals surface area contributed by atoms with Crippen LogP contribution in [0.3, 0.4) is 0 Å². The molecule has 0 radical (unpaired) electrons. The SMILES string of the molecule is CSc1ccc(S(=O)(=O)N2CCN(C/C=C\c3ccccc3)CC2)cc1. The van der Waals surface area contributed by atoms with E-state index in [9.17, 15) is 8.42 Å². The molecule has 0 amide bonds. The van der Waals surface area contributed by atoms with Crippen molar-refractivity contribution in [2.24, 2.45) is 0 Å². The Labute approximate surface area is 160 Å². The van der Waals surface area contributed by atoms with Gasteiger partial charge in [-0.3, -0.25) is 4.90 Å². The topological polar surface area (TPSA) is 40.6 Å². The molecule has 0 unspecified atom stereocenters. The Morgan fingerprint density at radius 2 is 1.62 bits per heavy atom. The van der Waals surface area contributed by atoms with Crippen molar-refractivity contribution in [3.63, 3.8) is 0 Å². The zero-order valence-electron chi connectivity index (χ0n) is 14.9. The van der Waals surface area contributed by atoms with Crippen LogP contribution in [0, 0.1) is 0 Å². The van der Waals surface area contributed by atoms with Crippen LogP contribution in [0.1, 0.15) is 5.56 Å². The van der Waals surface area contributed by atoms with Crippen molar-refractivity contribution in [1.29, 1.82) is 0 Å². The highest BCUT2D eigenvalue weighted by atomic mass is 32.2. The van der Waals surface area contributed by atoms with E-state index >= 15 is 0 Å². The Balaban J connectivity index is 1.54. The van der Waals surface area contributed by atoms with Gasteiger partial charge in [0.05, 0.1) is 4.90 Å². The van der Waals surface area contributed by atoms with E-state index in [0.29, 0.717) is 18.0 Å². The second-order valence-electron chi connectivity index (χ2n) is 6.19. The minimum absolute atomic E-state index is 0.382. The first kappa shape index (κ1) is 19.2. The third-order valence-electron chi connectivity index (χ3n) is 4.50. The highest BCUT2D eigenvalue weighted by molar-refractivity contribution is 7.98. The molecule has 1 saturated heterocycles. The lowest BCUT2D eigenvalue weighted by Crippen LogP contribution is -2.48. The average molecular weight is 389 g/mol. The number of hydrogen-bond donors (Lipinski definition) is 0. The van der Waals surface area contributed by atoms with Crippen molar-refractivity contribution >= 4 is 27.9 Å². The van der Waals surface area contributed by atoms with Crippen molar-refractivity contribution < 1.29 is 8.42 Å². The van der Waals surface area contributed by atoms with Crippen LogP contribution in [0.15, 0.2) is 70.5 Å². The molecule has 6 heteroatoms. The summed E-state index contributed by atoms with van der Waals surface area (Å²) in [5.41, 5.74) is 1.18. The lowest BCUT2D eigenvalue weighted by molar-refractivity contribution is 0.204. The van der Waals surface area contributed by atoms with Gasteiger partial charge < -0.3 is 0 Å². The number of nitrogens with zero attached hydrogens (tertiary/aromatic N) is 2. The summed E-state index contributed by atoms with van der Waals surface area (Å²) in [6.45, 7) is 3.41. The normalized spacial score (nSPS) is 17.0. The van der Waals surface area contributed by atoms with Crippen LogP contribution in [-0.4, -0.2) is 56.6 Å². The van der Waals surface area contributed by atoms with E-state index in [-0.39, 0.29) is 0 Å². The van der Waals surface area contributed by atoms with Crippen LogP contribution in [0.5, 0.6) is 0 Å². The summed E-state index contributed by atoms with van der Waals surface area (Å²) in [5, 5.41) is 0. The number of sulfonamides is 1. The first-order valence-corrected chi connectivity index (χ1v) is 11.3. The van der Waals surface area contributed by atoms with E-state index in [1.807, 2.05) is 36.6 Å². The van der Waals surface area contributed by atoms with E-state index < -0.39 is 10.0 Å². The Hall–Kier alpha value is -1.60. The molecule has 1 aliphatic heterocycles. The molecule has 2 aromatic rings. The van der Waals surface area contributed by atoms with Gasteiger partial charge in [0.25, 0.3) is 0 Å². The summed E-state index contributed by atoms with van der Waals surface area (Å²) in [6.07, 6.45) is 6.23. The van der Waals surface area contributed by atoms with Gasteiger partial charge in [-0.05, 0) is 36.1 Å². The lowest BCUT2D eigenvalue weighted by atomic mass is 10.2. The Kier molecular flexibility index (Phi) is 6.53. The van der Waals surface area contributed by atoms with Crippen molar-refractivity contribution in [1.82, 2.24) is 9.21 Å². The molecule has 138 valence electrons. The highest BCUT2D eigenvalue weighted by Gasteiger charge is 2.27. The first-order chi connectivity index (χ1) is 12.6. The minimum atomic E-state index is -3.39. The lowest BCUT2D eigenvalue weighted by Gasteiger charge is -2.33. The maximum Gasteiger partial charge on any atom is 0.243 e. The summed E-state index contributed by atoms with van der Waals surface area (Å²) in [4.78, 5) is 3.73. The summed E-state index contributed by atoms with van der Waals surface area (Å²) < 4.78 is 27.2. The summed E-state index contributed by atoms with van der Waals surface area (Å²) in [6, 6.07) is 17.3. The number of thioether (sulfide) groups is 1. The standard InChI is InChI=1S/C20H24N2O2S2/c1-25-19-9-11-20(12-10-19)26(23,24)22-16-14-21(15-17-22)13-5-8-18-6-3-2-4-7-18/h2-12H,13-17H2,1H3/b8-5-. The predicted octanol–water partition coefficient (Wildman–Crippen LogP) is 3.43. The Morgan fingerprint density at radius 1 is 0.962 bits per heavy atom. The molecule has 1 aliphatic rings. The van der Waals surface area contributed by atoms with Crippen molar-refractivity contribution in [2.75, 3.05) is 39.0 Å². The zero-order valence-corrected chi connectivity index (χ0v) is 16.5. The van der Waals surface area contributed by atoms with Crippen molar-refractivity contribution in [2.45, 2.75) is 9.79 Å². The molecule has 0 atom stereocenters. The molecule has 26 heavy (non-hydrogen) atoms. The molecule has 4 nitrogen and oxygen atoms in total. The second-order valence-corrected chi connectivity index (χ2v) is 9.01. The zero-order chi connectivity index (χ0) is 18.4. The summed E-state index contributed by atoms with van der Waals surface area (Å²) in [7, 11) is -3.39. The fourth-order valence-corrected chi connectivity index (χ4v) is 4.78. The van der Waals surface area contributed by atoms with Crippen molar-refractivity contribution in [3.05, 3.63) is 66.2 Å². The first-order valence-electron chi connectivity index (χ1n) is 8.68. The molecule has 2 aromatic carbocycles. The van der Waals surface area contributed by atoms with Crippen LogP contribution in [0.2, 0.25) is 0 Å². The Bertz CT molecular complexity index is 826. The number of piperazine rings is 1. The molecule has 0 spiro atoms. The molecule has 1 fully saturated rings. The van der Waals surface area contributed by atoms with E-state index in [4.69, 9.17) is 0 Å². The van der Waals surface area contributed by atoms with Gasteiger partial charge in [0, 0.05) is 37.6 Å². The van der Waals surface area contributed by atoms with E-state index in [1.165, 1.54) is 5.56 Å². The summed E-state index contributed by atoms with van der Waals surface area (Å²) >= 11 is 1.61. The molecular weight excluding hydrogens is 364 g/mol. The van der Waals surface area contributed by atoms with Crippen LogP contribution in [-0.2, 0) is 10.0 Å². The smallest absolute Gasteiger partial charge is 0.243 e.